The van der Waals surface area contributed by atoms with E-state index < -0.39 is 5.97 Å². The second-order valence-electron chi connectivity index (χ2n) is 6.55. The Balaban J connectivity index is 1.84. The summed E-state index contributed by atoms with van der Waals surface area (Å²) < 4.78 is 0. The number of aromatic carboxylic acids is 1. The number of carbonyl (C=O) groups is 2. The zero-order chi connectivity index (χ0) is 17.8. The van der Waals surface area contributed by atoms with Gasteiger partial charge in [-0.05, 0) is 49.1 Å². The molecular formula is C20H22N2O3. The Hall–Kier alpha value is -2.82. The zero-order valence-electron chi connectivity index (χ0n) is 14.2. The summed E-state index contributed by atoms with van der Waals surface area (Å²) in [5.74, 6) is -0.766. The molecule has 1 saturated heterocycles. The Morgan fingerprint density at radius 2 is 1.92 bits per heavy atom. The molecule has 2 aromatic carbocycles. The van der Waals surface area contributed by atoms with Crippen LogP contribution in [-0.4, -0.2) is 30.1 Å². The number of carboxylic acid groups (broad SMARTS) is 1. The third kappa shape index (κ3) is 3.99. The average Bonchev–Trinajstić information content (AvgIpc) is 2.62. The molecule has 2 aromatic rings. The van der Waals surface area contributed by atoms with Crippen molar-refractivity contribution in [2.24, 2.45) is 5.92 Å². The van der Waals surface area contributed by atoms with Crippen LogP contribution in [-0.2, 0) is 0 Å². The van der Waals surface area contributed by atoms with Gasteiger partial charge in [-0.3, -0.25) is 4.79 Å². The molecule has 25 heavy (non-hydrogen) atoms. The standard InChI is InChI=1S/C20H22N2O3/c1-14-6-5-11-22(13-14)16-9-10-18(17(12-16)20(24)25)21-19(23)15-7-3-2-4-8-15/h2-4,7-10,12,14H,5-6,11,13H2,1H3,(H,21,23)(H,24,25). The number of carboxylic acids is 1. The number of nitrogens with zero attached hydrogens (tertiary/aromatic N) is 1. The van der Waals surface area contributed by atoms with Crippen molar-refractivity contribution >= 4 is 23.3 Å². The van der Waals surface area contributed by atoms with E-state index >= 15 is 0 Å². The number of hydrogen-bond acceptors (Lipinski definition) is 3. The van der Waals surface area contributed by atoms with Crippen LogP contribution in [0.3, 0.4) is 0 Å². The van der Waals surface area contributed by atoms with Gasteiger partial charge >= 0.3 is 5.97 Å². The molecule has 0 spiro atoms. The number of hydrogen-bond donors (Lipinski definition) is 2. The maximum atomic E-state index is 12.3. The SMILES string of the molecule is CC1CCCN(c2ccc(NC(=O)c3ccccc3)c(C(=O)O)c2)C1. The first-order valence-corrected chi connectivity index (χ1v) is 8.53. The van der Waals surface area contributed by atoms with E-state index in [9.17, 15) is 14.7 Å². The molecule has 0 radical (unpaired) electrons. The molecule has 5 nitrogen and oxygen atoms in total. The molecule has 5 heteroatoms. The summed E-state index contributed by atoms with van der Waals surface area (Å²) in [6.07, 6.45) is 2.31. The van der Waals surface area contributed by atoms with Crippen LogP contribution >= 0.6 is 0 Å². The van der Waals surface area contributed by atoms with Gasteiger partial charge in [0.15, 0.2) is 0 Å². The van der Waals surface area contributed by atoms with Crippen molar-refractivity contribution in [3.05, 3.63) is 59.7 Å². The highest BCUT2D eigenvalue weighted by Crippen LogP contribution is 2.27. The molecule has 0 aliphatic carbocycles. The van der Waals surface area contributed by atoms with Crippen LogP contribution in [0.5, 0.6) is 0 Å². The predicted molar refractivity (Wildman–Crippen MR) is 98.4 cm³/mol. The van der Waals surface area contributed by atoms with Gasteiger partial charge in [-0.1, -0.05) is 25.1 Å². The fourth-order valence-corrected chi connectivity index (χ4v) is 3.22. The molecule has 1 fully saturated rings. The van der Waals surface area contributed by atoms with Gasteiger partial charge in [-0.25, -0.2) is 4.79 Å². The van der Waals surface area contributed by atoms with E-state index in [1.807, 2.05) is 12.1 Å². The first-order chi connectivity index (χ1) is 12.0. The van der Waals surface area contributed by atoms with Crippen molar-refractivity contribution in [1.29, 1.82) is 0 Å². The highest BCUT2D eigenvalue weighted by molar-refractivity contribution is 6.08. The maximum absolute atomic E-state index is 12.3. The fraction of sp³-hybridized carbons (Fsp3) is 0.300. The summed E-state index contributed by atoms with van der Waals surface area (Å²) in [5, 5.41) is 12.3. The van der Waals surface area contributed by atoms with Gasteiger partial charge < -0.3 is 15.3 Å². The van der Waals surface area contributed by atoms with Crippen LogP contribution < -0.4 is 10.2 Å². The third-order valence-corrected chi connectivity index (χ3v) is 4.54. The van der Waals surface area contributed by atoms with Gasteiger partial charge in [0.25, 0.3) is 5.91 Å². The minimum Gasteiger partial charge on any atom is -0.478 e. The van der Waals surface area contributed by atoms with Gasteiger partial charge in [0.2, 0.25) is 0 Å². The smallest absolute Gasteiger partial charge is 0.337 e. The second-order valence-corrected chi connectivity index (χ2v) is 6.55. The number of amides is 1. The molecule has 1 atom stereocenters. The van der Waals surface area contributed by atoms with E-state index in [0.29, 0.717) is 17.2 Å². The number of benzene rings is 2. The van der Waals surface area contributed by atoms with Crippen LogP contribution in [0, 0.1) is 5.92 Å². The van der Waals surface area contributed by atoms with Crippen LogP contribution in [0.1, 0.15) is 40.5 Å². The molecule has 0 saturated carbocycles. The average molecular weight is 338 g/mol. The summed E-state index contributed by atoms with van der Waals surface area (Å²) >= 11 is 0. The lowest BCUT2D eigenvalue weighted by molar-refractivity contribution is 0.0698. The molecule has 2 N–H and O–H groups in total. The van der Waals surface area contributed by atoms with Gasteiger partial charge in [-0.15, -0.1) is 0 Å². The monoisotopic (exact) mass is 338 g/mol. The van der Waals surface area contributed by atoms with E-state index in [0.717, 1.165) is 25.2 Å². The molecule has 1 amide bonds. The van der Waals surface area contributed by atoms with E-state index in [-0.39, 0.29) is 11.5 Å². The first kappa shape index (κ1) is 17.0. The molecule has 1 aliphatic heterocycles. The minimum absolute atomic E-state index is 0.111. The topological polar surface area (TPSA) is 69.6 Å². The van der Waals surface area contributed by atoms with Crippen molar-refractivity contribution in [2.45, 2.75) is 19.8 Å². The van der Waals surface area contributed by atoms with Crippen LogP contribution in [0.15, 0.2) is 48.5 Å². The number of piperidine rings is 1. The Bertz CT molecular complexity index is 774. The number of anilines is 2. The largest absolute Gasteiger partial charge is 0.478 e. The maximum Gasteiger partial charge on any atom is 0.337 e. The lowest BCUT2D eigenvalue weighted by Gasteiger charge is -2.33. The number of nitrogens with one attached hydrogen (secondary N) is 1. The molecule has 3 rings (SSSR count). The van der Waals surface area contributed by atoms with E-state index in [1.54, 1.807) is 36.4 Å². The van der Waals surface area contributed by atoms with Crippen molar-refractivity contribution in [1.82, 2.24) is 0 Å². The quantitative estimate of drug-likeness (QED) is 0.888. The first-order valence-electron chi connectivity index (χ1n) is 8.53. The van der Waals surface area contributed by atoms with Gasteiger partial charge in [-0.2, -0.15) is 0 Å². The number of carbonyl (C=O) groups excluding carboxylic acids is 1. The normalized spacial score (nSPS) is 17.2. The van der Waals surface area contributed by atoms with E-state index in [1.165, 1.54) is 6.42 Å². The van der Waals surface area contributed by atoms with Crippen LogP contribution in [0.4, 0.5) is 11.4 Å². The van der Waals surface area contributed by atoms with E-state index in [4.69, 9.17) is 0 Å². The van der Waals surface area contributed by atoms with Gasteiger partial charge in [0.05, 0.1) is 11.3 Å². The number of rotatable bonds is 4. The van der Waals surface area contributed by atoms with Crippen LogP contribution in [0.25, 0.3) is 0 Å². The van der Waals surface area contributed by atoms with Crippen molar-refractivity contribution in [2.75, 3.05) is 23.3 Å². The molecule has 0 bridgehead atoms. The predicted octanol–water partition coefficient (Wildman–Crippen LogP) is 3.87. The zero-order valence-corrected chi connectivity index (χ0v) is 14.2. The fourth-order valence-electron chi connectivity index (χ4n) is 3.22. The summed E-state index contributed by atoms with van der Waals surface area (Å²) in [6.45, 7) is 4.06. The van der Waals surface area contributed by atoms with Crippen molar-refractivity contribution in [3.63, 3.8) is 0 Å². The Morgan fingerprint density at radius 3 is 2.60 bits per heavy atom. The summed E-state index contributed by atoms with van der Waals surface area (Å²) in [5.41, 5.74) is 1.81. The molecular weight excluding hydrogens is 316 g/mol. The molecule has 1 aliphatic rings. The summed E-state index contributed by atoms with van der Waals surface area (Å²) in [4.78, 5) is 26.2. The highest BCUT2D eigenvalue weighted by atomic mass is 16.4. The molecule has 0 aromatic heterocycles. The molecule has 1 unspecified atom stereocenters. The Labute approximate surface area is 147 Å². The summed E-state index contributed by atoms with van der Waals surface area (Å²) in [7, 11) is 0. The van der Waals surface area contributed by atoms with Crippen molar-refractivity contribution in [3.8, 4) is 0 Å². The second kappa shape index (κ2) is 7.38. The Kier molecular flexibility index (Phi) is 5.03. The lowest BCUT2D eigenvalue weighted by atomic mass is 9.99. The summed E-state index contributed by atoms with van der Waals surface area (Å²) in [6, 6.07) is 14.0. The highest BCUT2D eigenvalue weighted by Gasteiger charge is 2.20. The molecule has 1 heterocycles. The van der Waals surface area contributed by atoms with Gasteiger partial charge in [0, 0.05) is 24.3 Å². The van der Waals surface area contributed by atoms with Crippen LogP contribution in [0.2, 0.25) is 0 Å². The Morgan fingerprint density at radius 1 is 1.16 bits per heavy atom. The lowest BCUT2D eigenvalue weighted by Crippen LogP contribution is -2.34. The van der Waals surface area contributed by atoms with E-state index in [2.05, 4.69) is 17.1 Å². The third-order valence-electron chi connectivity index (χ3n) is 4.54. The van der Waals surface area contributed by atoms with Crippen molar-refractivity contribution < 1.29 is 14.7 Å². The minimum atomic E-state index is -1.05. The molecule has 130 valence electrons. The van der Waals surface area contributed by atoms with Gasteiger partial charge in [0.1, 0.15) is 0 Å².